The minimum absolute atomic E-state index is 0.00334. The molecule has 0 fully saturated rings. The highest BCUT2D eigenvalue weighted by atomic mass is 16.3. The molecule has 1 aromatic rings. The summed E-state index contributed by atoms with van der Waals surface area (Å²) < 4.78 is 1.36. The van der Waals surface area contributed by atoms with Gasteiger partial charge in [0.05, 0.1) is 0 Å². The third-order valence-electron chi connectivity index (χ3n) is 1.72. The molecule has 0 aromatic carbocycles. The van der Waals surface area contributed by atoms with Crippen molar-refractivity contribution in [1.29, 1.82) is 0 Å². The summed E-state index contributed by atoms with van der Waals surface area (Å²) in [4.78, 5) is 23.9. The zero-order valence-corrected chi connectivity index (χ0v) is 7.36. The highest BCUT2D eigenvalue weighted by Gasteiger charge is 2.02. The molecule has 1 unspecified atom stereocenters. The van der Waals surface area contributed by atoms with Gasteiger partial charge in [-0.25, -0.2) is 4.79 Å². The van der Waals surface area contributed by atoms with Gasteiger partial charge in [0.1, 0.15) is 0 Å². The summed E-state index contributed by atoms with van der Waals surface area (Å²) in [6.45, 7) is 2.25. The Morgan fingerprint density at radius 3 is 2.85 bits per heavy atom. The number of nitrogens with one attached hydrogen (secondary N) is 1. The molecular weight excluding hydrogens is 172 g/mol. The Hall–Kier alpha value is -1.36. The molecule has 1 atom stereocenters. The van der Waals surface area contributed by atoms with Gasteiger partial charge in [-0.1, -0.05) is 6.92 Å². The monoisotopic (exact) mass is 184 g/mol. The Balaban J connectivity index is 2.90. The Morgan fingerprint density at radius 1 is 1.62 bits per heavy atom. The van der Waals surface area contributed by atoms with E-state index in [1.54, 1.807) is 0 Å². The maximum absolute atomic E-state index is 11.1. The minimum atomic E-state index is -0.437. The molecule has 0 amide bonds. The van der Waals surface area contributed by atoms with Gasteiger partial charge in [-0.2, -0.15) is 0 Å². The number of hydrogen-bond acceptors (Lipinski definition) is 3. The van der Waals surface area contributed by atoms with E-state index in [4.69, 9.17) is 5.11 Å². The molecule has 0 saturated heterocycles. The number of aliphatic hydroxyl groups is 1. The Kier molecular flexibility index (Phi) is 3.02. The van der Waals surface area contributed by atoms with Crippen LogP contribution in [0.1, 0.15) is 6.92 Å². The number of hydrogen-bond donors (Lipinski definition) is 2. The topological polar surface area (TPSA) is 75.1 Å². The van der Waals surface area contributed by atoms with E-state index in [-0.39, 0.29) is 12.5 Å². The van der Waals surface area contributed by atoms with Crippen molar-refractivity contribution in [2.24, 2.45) is 5.92 Å². The molecule has 2 N–H and O–H groups in total. The standard InChI is InChI=1S/C8H12N2O3/c1-6(5-11)4-10-3-2-7(12)9-8(10)13/h2-3,6,11H,4-5H2,1H3,(H,9,12,13). The van der Waals surface area contributed by atoms with Gasteiger partial charge in [0.15, 0.2) is 0 Å². The quantitative estimate of drug-likeness (QED) is 0.643. The van der Waals surface area contributed by atoms with Crippen molar-refractivity contribution in [3.05, 3.63) is 33.1 Å². The van der Waals surface area contributed by atoms with Crippen LogP contribution >= 0.6 is 0 Å². The normalized spacial score (nSPS) is 12.8. The van der Waals surface area contributed by atoms with Crippen molar-refractivity contribution >= 4 is 0 Å². The second-order valence-corrected chi connectivity index (χ2v) is 3.05. The first-order valence-corrected chi connectivity index (χ1v) is 4.04. The van der Waals surface area contributed by atoms with Crippen molar-refractivity contribution in [3.8, 4) is 0 Å². The highest BCUT2D eigenvalue weighted by Crippen LogP contribution is 1.94. The van der Waals surface area contributed by atoms with Crippen LogP contribution in [0.15, 0.2) is 21.9 Å². The fourth-order valence-corrected chi connectivity index (χ4v) is 0.982. The molecule has 0 spiro atoms. The number of aromatic nitrogens is 2. The van der Waals surface area contributed by atoms with E-state index in [1.165, 1.54) is 16.8 Å². The van der Waals surface area contributed by atoms with Crippen molar-refractivity contribution < 1.29 is 5.11 Å². The Morgan fingerprint density at radius 2 is 2.31 bits per heavy atom. The van der Waals surface area contributed by atoms with Crippen molar-refractivity contribution in [2.45, 2.75) is 13.5 Å². The van der Waals surface area contributed by atoms with Crippen molar-refractivity contribution in [2.75, 3.05) is 6.61 Å². The molecule has 0 bridgehead atoms. The first-order valence-electron chi connectivity index (χ1n) is 4.04. The lowest BCUT2D eigenvalue weighted by Gasteiger charge is -2.08. The number of rotatable bonds is 3. The molecule has 5 nitrogen and oxygen atoms in total. The lowest BCUT2D eigenvalue weighted by Crippen LogP contribution is -2.30. The summed E-state index contributed by atoms with van der Waals surface area (Å²) in [5.41, 5.74) is -0.842. The molecule has 0 radical (unpaired) electrons. The highest BCUT2D eigenvalue weighted by molar-refractivity contribution is 4.82. The first-order chi connectivity index (χ1) is 6.13. The fraction of sp³-hybridized carbons (Fsp3) is 0.500. The van der Waals surface area contributed by atoms with Gasteiger partial charge in [-0.15, -0.1) is 0 Å². The summed E-state index contributed by atoms with van der Waals surface area (Å²) in [7, 11) is 0. The summed E-state index contributed by atoms with van der Waals surface area (Å²) in [5, 5.41) is 8.75. The van der Waals surface area contributed by atoms with Crippen LogP contribution in [0.5, 0.6) is 0 Å². The molecule has 72 valence electrons. The van der Waals surface area contributed by atoms with Gasteiger partial charge in [-0.05, 0) is 5.92 Å². The van der Waals surface area contributed by atoms with Gasteiger partial charge in [0.25, 0.3) is 5.56 Å². The molecule has 5 heteroatoms. The van der Waals surface area contributed by atoms with E-state index < -0.39 is 11.2 Å². The van der Waals surface area contributed by atoms with E-state index in [0.29, 0.717) is 6.54 Å². The fourth-order valence-electron chi connectivity index (χ4n) is 0.982. The van der Waals surface area contributed by atoms with Crippen LogP contribution in [-0.4, -0.2) is 21.3 Å². The summed E-state index contributed by atoms with van der Waals surface area (Å²) in [6, 6.07) is 1.28. The second-order valence-electron chi connectivity index (χ2n) is 3.05. The maximum atomic E-state index is 11.1. The van der Waals surface area contributed by atoms with Crippen molar-refractivity contribution in [3.63, 3.8) is 0 Å². The van der Waals surface area contributed by atoms with Crippen LogP contribution in [-0.2, 0) is 6.54 Å². The summed E-state index contributed by atoms with van der Waals surface area (Å²) in [6.07, 6.45) is 1.42. The van der Waals surface area contributed by atoms with E-state index in [9.17, 15) is 9.59 Å². The largest absolute Gasteiger partial charge is 0.396 e. The van der Waals surface area contributed by atoms with Gasteiger partial charge < -0.3 is 9.67 Å². The molecule has 1 aromatic heterocycles. The maximum Gasteiger partial charge on any atom is 0.328 e. The molecule has 0 aliphatic heterocycles. The lowest BCUT2D eigenvalue weighted by atomic mass is 10.2. The average molecular weight is 184 g/mol. The van der Waals surface area contributed by atoms with Crippen molar-refractivity contribution in [1.82, 2.24) is 9.55 Å². The van der Waals surface area contributed by atoms with Crippen LogP contribution in [0.3, 0.4) is 0 Å². The van der Waals surface area contributed by atoms with E-state index >= 15 is 0 Å². The summed E-state index contributed by atoms with van der Waals surface area (Å²) in [5.74, 6) is 0.00334. The van der Waals surface area contributed by atoms with Gasteiger partial charge >= 0.3 is 5.69 Å². The van der Waals surface area contributed by atoms with Crippen LogP contribution in [0.4, 0.5) is 0 Å². The van der Waals surface area contributed by atoms with Gasteiger partial charge in [0.2, 0.25) is 0 Å². The van der Waals surface area contributed by atoms with Gasteiger partial charge in [0, 0.05) is 25.4 Å². The van der Waals surface area contributed by atoms with Crippen LogP contribution in [0.2, 0.25) is 0 Å². The molecule has 13 heavy (non-hydrogen) atoms. The Labute approximate surface area is 74.7 Å². The number of H-pyrrole nitrogens is 1. The molecule has 1 heterocycles. The minimum Gasteiger partial charge on any atom is -0.396 e. The number of aromatic amines is 1. The van der Waals surface area contributed by atoms with E-state index in [1.807, 2.05) is 6.92 Å². The lowest BCUT2D eigenvalue weighted by molar-refractivity contribution is 0.221. The third-order valence-corrected chi connectivity index (χ3v) is 1.72. The second kappa shape index (κ2) is 4.04. The molecule has 0 saturated carbocycles. The average Bonchev–Trinajstić information content (AvgIpc) is 2.09. The predicted octanol–water partition coefficient (Wildman–Crippen LogP) is -0.835. The Bertz CT molecular complexity index is 379. The van der Waals surface area contributed by atoms with E-state index in [2.05, 4.69) is 4.98 Å². The number of aliphatic hydroxyl groups excluding tert-OH is 1. The SMILES string of the molecule is CC(CO)Cn1ccc(=O)[nH]c1=O. The zero-order valence-electron chi connectivity index (χ0n) is 7.36. The molecule has 0 aliphatic rings. The molecule has 1 rings (SSSR count). The van der Waals surface area contributed by atoms with Crippen LogP contribution in [0.25, 0.3) is 0 Å². The molecular formula is C8H12N2O3. The zero-order chi connectivity index (χ0) is 9.84. The van der Waals surface area contributed by atoms with Gasteiger partial charge in [-0.3, -0.25) is 9.78 Å². The predicted molar refractivity (Wildman–Crippen MR) is 47.6 cm³/mol. The van der Waals surface area contributed by atoms with Crippen LogP contribution in [0, 0.1) is 5.92 Å². The first kappa shape index (κ1) is 9.73. The smallest absolute Gasteiger partial charge is 0.328 e. The third kappa shape index (κ3) is 2.55. The van der Waals surface area contributed by atoms with E-state index in [0.717, 1.165) is 0 Å². The number of nitrogens with zero attached hydrogens (tertiary/aromatic N) is 1. The summed E-state index contributed by atoms with van der Waals surface area (Å²) >= 11 is 0. The molecule has 0 aliphatic carbocycles. The van der Waals surface area contributed by atoms with Crippen LogP contribution < -0.4 is 11.2 Å².